The first-order chi connectivity index (χ1) is 13.8. The Kier molecular flexibility index (Phi) is 6.90. The average Bonchev–Trinajstić information content (AvgIpc) is 3.39. The van der Waals surface area contributed by atoms with Crippen molar-refractivity contribution in [3.05, 3.63) is 23.8 Å². The predicted octanol–water partition coefficient (Wildman–Crippen LogP) is 2.56. The van der Waals surface area contributed by atoms with Gasteiger partial charge in [-0.1, -0.05) is 12.1 Å². The maximum atomic E-state index is 5.93. The van der Waals surface area contributed by atoms with E-state index in [1.165, 1.54) is 44.3 Å². The zero-order valence-electron chi connectivity index (χ0n) is 16.9. The zero-order valence-corrected chi connectivity index (χ0v) is 16.9. The maximum absolute atomic E-state index is 5.93. The zero-order chi connectivity index (χ0) is 19.2. The first kappa shape index (κ1) is 19.8. The van der Waals surface area contributed by atoms with Crippen molar-refractivity contribution < 1.29 is 14.1 Å². The van der Waals surface area contributed by atoms with Crippen molar-refractivity contribution >= 4 is 11.0 Å². The summed E-state index contributed by atoms with van der Waals surface area (Å²) in [5, 5.41) is 8.12. The third-order valence-electron chi connectivity index (χ3n) is 6.08. The number of benzene rings is 1. The third-order valence-corrected chi connectivity index (χ3v) is 6.08. The Morgan fingerprint density at radius 1 is 1.18 bits per heavy atom. The second kappa shape index (κ2) is 9.78. The molecule has 0 saturated carbocycles. The van der Waals surface area contributed by atoms with Crippen LogP contribution in [-0.4, -0.2) is 79.3 Å². The molecular weight excluding hydrogens is 356 g/mol. The van der Waals surface area contributed by atoms with Crippen LogP contribution in [0, 0.1) is 5.92 Å². The highest BCUT2D eigenvalue weighted by molar-refractivity contribution is 5.76. The van der Waals surface area contributed by atoms with Crippen LogP contribution in [0.25, 0.3) is 11.0 Å². The fraction of sp³-hybridized carbons (Fsp3) is 0.714. The van der Waals surface area contributed by atoms with Crippen LogP contribution in [0.15, 0.2) is 22.8 Å². The maximum Gasteiger partial charge on any atom is 0.139 e. The smallest absolute Gasteiger partial charge is 0.139 e. The number of nitrogens with zero attached hydrogens (tertiary/aromatic N) is 4. The van der Waals surface area contributed by atoms with Crippen molar-refractivity contribution in [2.75, 3.05) is 53.0 Å². The van der Waals surface area contributed by atoms with Gasteiger partial charge in [0.15, 0.2) is 0 Å². The van der Waals surface area contributed by atoms with Crippen LogP contribution in [0.4, 0.5) is 0 Å². The summed E-state index contributed by atoms with van der Waals surface area (Å²) in [5.74, 6) is 0.731. The lowest BCUT2D eigenvalue weighted by atomic mass is 9.95. The average molecular weight is 389 g/mol. The molecule has 0 radical (unpaired) electrons. The van der Waals surface area contributed by atoms with Crippen LogP contribution >= 0.6 is 0 Å². The van der Waals surface area contributed by atoms with Crippen LogP contribution < -0.4 is 0 Å². The first-order valence-electron chi connectivity index (χ1n) is 10.6. The predicted molar refractivity (Wildman–Crippen MR) is 107 cm³/mol. The molecule has 1 atom stereocenters. The minimum absolute atomic E-state index is 0.358. The molecule has 0 spiro atoms. The van der Waals surface area contributed by atoms with Crippen LogP contribution in [0.3, 0.4) is 0 Å². The molecule has 7 nitrogen and oxygen atoms in total. The van der Waals surface area contributed by atoms with Gasteiger partial charge in [0.1, 0.15) is 11.0 Å². The van der Waals surface area contributed by atoms with E-state index in [-0.39, 0.29) is 0 Å². The van der Waals surface area contributed by atoms with E-state index in [0.717, 1.165) is 56.3 Å². The number of ether oxygens (including phenoxy) is 2. The number of piperidine rings is 1. The molecule has 1 aromatic carbocycles. The summed E-state index contributed by atoms with van der Waals surface area (Å²) in [7, 11) is 1.78. The molecule has 2 saturated heterocycles. The lowest BCUT2D eigenvalue weighted by molar-refractivity contribution is 0.0553. The lowest BCUT2D eigenvalue weighted by Crippen LogP contribution is -2.41. The molecule has 2 aromatic rings. The Morgan fingerprint density at radius 3 is 2.86 bits per heavy atom. The Hall–Kier alpha value is -1.54. The van der Waals surface area contributed by atoms with Crippen LogP contribution in [0.2, 0.25) is 0 Å². The Balaban J connectivity index is 1.38. The van der Waals surface area contributed by atoms with Gasteiger partial charge in [0.05, 0.1) is 12.7 Å². The lowest BCUT2D eigenvalue weighted by Gasteiger charge is -2.35. The Labute approximate surface area is 166 Å². The number of methoxy groups -OCH3 is 1. The van der Waals surface area contributed by atoms with Crippen molar-refractivity contribution in [1.82, 2.24) is 20.1 Å². The minimum Gasteiger partial charge on any atom is -0.383 e. The molecule has 0 amide bonds. The Morgan fingerprint density at radius 2 is 2.07 bits per heavy atom. The van der Waals surface area contributed by atoms with Gasteiger partial charge in [-0.3, -0.25) is 4.90 Å². The van der Waals surface area contributed by atoms with E-state index >= 15 is 0 Å². The molecular formula is C21H32N4O3. The van der Waals surface area contributed by atoms with Crippen molar-refractivity contribution in [3.8, 4) is 0 Å². The number of hydrogen-bond donors (Lipinski definition) is 0. The molecule has 2 aliphatic rings. The minimum atomic E-state index is 0.358. The largest absolute Gasteiger partial charge is 0.383 e. The van der Waals surface area contributed by atoms with Crippen molar-refractivity contribution in [2.24, 2.45) is 5.92 Å². The van der Waals surface area contributed by atoms with E-state index in [1.54, 1.807) is 7.11 Å². The molecule has 0 aliphatic carbocycles. The SMILES string of the molecule is COCCN1CCC(CN(Cc2cccc3nonc23)C[C@@H]2CCCO2)CC1. The standard InChI is InChI=1S/C21H32N4O3/c1-26-13-11-24-9-7-17(8-10-24)14-25(16-19-5-3-12-27-19)15-18-4-2-6-20-21(18)23-28-22-20/h2,4,6,17,19H,3,5,7-16H2,1H3/t19-/m0/s1. The third kappa shape index (κ3) is 5.08. The fourth-order valence-electron chi connectivity index (χ4n) is 4.49. The van der Waals surface area contributed by atoms with Gasteiger partial charge in [-0.05, 0) is 66.6 Å². The summed E-state index contributed by atoms with van der Waals surface area (Å²) in [6, 6.07) is 6.14. The van der Waals surface area contributed by atoms with E-state index in [2.05, 4.69) is 26.2 Å². The van der Waals surface area contributed by atoms with E-state index in [4.69, 9.17) is 14.1 Å². The van der Waals surface area contributed by atoms with E-state index in [1.807, 2.05) is 12.1 Å². The van der Waals surface area contributed by atoms with Gasteiger partial charge in [0.2, 0.25) is 0 Å². The van der Waals surface area contributed by atoms with Gasteiger partial charge in [-0.25, -0.2) is 4.63 Å². The van der Waals surface area contributed by atoms with E-state index in [0.29, 0.717) is 6.10 Å². The molecule has 1 aromatic heterocycles. The van der Waals surface area contributed by atoms with E-state index < -0.39 is 0 Å². The summed E-state index contributed by atoms with van der Waals surface area (Å²) >= 11 is 0. The van der Waals surface area contributed by atoms with Gasteiger partial charge in [0.25, 0.3) is 0 Å². The molecule has 3 heterocycles. The molecule has 0 bridgehead atoms. The monoisotopic (exact) mass is 388 g/mol. The Bertz CT molecular complexity index is 723. The normalized spacial score (nSPS) is 21.9. The highest BCUT2D eigenvalue weighted by Gasteiger charge is 2.25. The highest BCUT2D eigenvalue weighted by Crippen LogP contribution is 2.23. The molecule has 0 unspecified atom stereocenters. The summed E-state index contributed by atoms with van der Waals surface area (Å²) in [6.45, 7) is 8.09. The van der Waals surface area contributed by atoms with Crippen molar-refractivity contribution in [2.45, 2.75) is 38.3 Å². The number of aromatic nitrogens is 2. The number of hydrogen-bond acceptors (Lipinski definition) is 7. The molecule has 2 aliphatic heterocycles. The van der Waals surface area contributed by atoms with Crippen molar-refractivity contribution in [1.29, 1.82) is 0 Å². The molecule has 7 heteroatoms. The topological polar surface area (TPSA) is 63.9 Å². The summed E-state index contributed by atoms with van der Waals surface area (Å²) < 4.78 is 16.1. The molecule has 0 N–H and O–H groups in total. The quantitative estimate of drug-likeness (QED) is 0.654. The molecule has 4 rings (SSSR count). The van der Waals surface area contributed by atoms with Gasteiger partial charge in [-0.15, -0.1) is 0 Å². The van der Waals surface area contributed by atoms with Crippen LogP contribution in [0.1, 0.15) is 31.2 Å². The first-order valence-corrected chi connectivity index (χ1v) is 10.6. The second-order valence-corrected chi connectivity index (χ2v) is 8.16. The molecule has 154 valence electrons. The van der Waals surface area contributed by atoms with E-state index in [9.17, 15) is 0 Å². The van der Waals surface area contributed by atoms with Crippen LogP contribution in [0.5, 0.6) is 0 Å². The highest BCUT2D eigenvalue weighted by atomic mass is 16.6. The molecule has 2 fully saturated rings. The van der Waals surface area contributed by atoms with Gasteiger partial charge in [0, 0.05) is 39.9 Å². The summed E-state index contributed by atoms with van der Waals surface area (Å²) in [6.07, 6.45) is 5.21. The van der Waals surface area contributed by atoms with Gasteiger partial charge in [-0.2, -0.15) is 0 Å². The number of rotatable bonds is 9. The van der Waals surface area contributed by atoms with Crippen LogP contribution in [-0.2, 0) is 16.0 Å². The fourth-order valence-corrected chi connectivity index (χ4v) is 4.49. The summed E-state index contributed by atoms with van der Waals surface area (Å²) in [4.78, 5) is 5.08. The van der Waals surface area contributed by atoms with Gasteiger partial charge < -0.3 is 14.4 Å². The number of fused-ring (bicyclic) bond motifs is 1. The van der Waals surface area contributed by atoms with Gasteiger partial charge >= 0.3 is 0 Å². The second-order valence-electron chi connectivity index (χ2n) is 8.16. The van der Waals surface area contributed by atoms with Crippen molar-refractivity contribution in [3.63, 3.8) is 0 Å². The molecule has 28 heavy (non-hydrogen) atoms. The summed E-state index contributed by atoms with van der Waals surface area (Å²) in [5.41, 5.74) is 2.91. The number of likely N-dealkylation sites (tertiary alicyclic amines) is 1.